The molecule has 2 aromatic rings. The quantitative estimate of drug-likeness (QED) is 0.853. The third-order valence-corrected chi connectivity index (χ3v) is 3.07. The zero-order valence-electron chi connectivity index (χ0n) is 9.06. The van der Waals surface area contributed by atoms with Gasteiger partial charge in [-0.25, -0.2) is 9.97 Å². The van der Waals surface area contributed by atoms with E-state index < -0.39 is 12.1 Å². The molecule has 17 heavy (non-hydrogen) atoms. The van der Waals surface area contributed by atoms with E-state index in [-0.39, 0.29) is 11.4 Å². The molecule has 1 heterocycles. The Morgan fingerprint density at radius 1 is 1.24 bits per heavy atom. The Bertz CT molecular complexity index is 532. The van der Waals surface area contributed by atoms with Gasteiger partial charge in [-0.05, 0) is 29.5 Å². The van der Waals surface area contributed by atoms with Gasteiger partial charge in [-0.15, -0.1) is 0 Å². The molecular formula is C12H10FIN2O. The third-order valence-electron chi connectivity index (χ3n) is 2.28. The van der Waals surface area contributed by atoms with E-state index >= 15 is 0 Å². The molecule has 1 atom stereocenters. The highest BCUT2D eigenvalue weighted by Gasteiger charge is 2.16. The molecule has 0 bridgehead atoms. The molecule has 0 saturated carbocycles. The summed E-state index contributed by atoms with van der Waals surface area (Å²) in [5.74, 6) is -0.660. The fraction of sp³-hybridized carbons (Fsp3) is 0.167. The van der Waals surface area contributed by atoms with Crippen LogP contribution >= 0.6 is 22.6 Å². The number of benzene rings is 1. The van der Waals surface area contributed by atoms with Crippen LogP contribution < -0.4 is 0 Å². The first-order valence-corrected chi connectivity index (χ1v) is 6.14. The van der Waals surface area contributed by atoms with Gasteiger partial charge in [0, 0.05) is 5.56 Å². The second-order valence-electron chi connectivity index (χ2n) is 3.58. The average molecular weight is 344 g/mol. The molecule has 1 aromatic carbocycles. The first-order chi connectivity index (χ1) is 8.09. The molecule has 1 unspecified atom stereocenters. The van der Waals surface area contributed by atoms with Crippen LogP contribution in [0.25, 0.3) is 11.3 Å². The van der Waals surface area contributed by atoms with E-state index in [0.29, 0.717) is 9.26 Å². The lowest BCUT2D eigenvalue weighted by atomic mass is 10.1. The second kappa shape index (κ2) is 5.05. The Labute approximate surface area is 112 Å². The topological polar surface area (TPSA) is 46.0 Å². The Morgan fingerprint density at radius 2 is 1.88 bits per heavy atom. The first-order valence-electron chi connectivity index (χ1n) is 5.06. The van der Waals surface area contributed by atoms with Crippen LogP contribution in [0.3, 0.4) is 0 Å². The first kappa shape index (κ1) is 12.4. The van der Waals surface area contributed by atoms with Crippen LogP contribution in [-0.2, 0) is 0 Å². The zero-order valence-corrected chi connectivity index (χ0v) is 11.2. The van der Waals surface area contributed by atoms with Crippen LogP contribution in [0.15, 0.2) is 30.3 Å². The fourth-order valence-electron chi connectivity index (χ4n) is 1.45. The van der Waals surface area contributed by atoms with Crippen molar-refractivity contribution in [1.82, 2.24) is 9.97 Å². The lowest BCUT2D eigenvalue weighted by molar-refractivity contribution is 0.191. The molecule has 2 rings (SSSR count). The predicted octanol–water partition coefficient (Wildman–Crippen LogP) is 2.94. The van der Waals surface area contributed by atoms with Gasteiger partial charge in [0.2, 0.25) is 5.95 Å². The van der Waals surface area contributed by atoms with E-state index in [0.717, 1.165) is 0 Å². The van der Waals surface area contributed by atoms with Crippen molar-refractivity contribution in [3.8, 4) is 11.3 Å². The Morgan fingerprint density at radius 3 is 2.47 bits per heavy atom. The summed E-state index contributed by atoms with van der Waals surface area (Å²) in [6, 6.07) is 9.01. The lowest BCUT2D eigenvalue weighted by Crippen LogP contribution is -2.06. The Hall–Kier alpha value is -1.08. The summed E-state index contributed by atoms with van der Waals surface area (Å²) in [5.41, 5.74) is 1.15. The number of aliphatic hydroxyl groups is 1. The van der Waals surface area contributed by atoms with Crippen LogP contribution in [-0.4, -0.2) is 15.1 Å². The molecule has 0 saturated heterocycles. The van der Waals surface area contributed by atoms with Crippen molar-refractivity contribution in [3.63, 3.8) is 0 Å². The summed E-state index contributed by atoms with van der Waals surface area (Å²) in [7, 11) is 0. The van der Waals surface area contributed by atoms with Crippen molar-refractivity contribution in [2.45, 2.75) is 13.0 Å². The molecule has 1 aromatic heterocycles. The number of hydrogen-bond acceptors (Lipinski definition) is 3. The smallest absolute Gasteiger partial charge is 0.239 e. The third kappa shape index (κ3) is 2.61. The highest BCUT2D eigenvalue weighted by Crippen LogP contribution is 2.23. The minimum atomic E-state index is -0.825. The number of rotatable bonds is 2. The van der Waals surface area contributed by atoms with Crippen molar-refractivity contribution < 1.29 is 9.50 Å². The molecular weight excluding hydrogens is 334 g/mol. The van der Waals surface area contributed by atoms with Crippen LogP contribution in [0.2, 0.25) is 0 Å². The molecule has 1 N–H and O–H groups in total. The van der Waals surface area contributed by atoms with E-state index in [4.69, 9.17) is 0 Å². The summed E-state index contributed by atoms with van der Waals surface area (Å²) in [6.45, 7) is 1.54. The van der Waals surface area contributed by atoms with E-state index in [2.05, 4.69) is 9.97 Å². The van der Waals surface area contributed by atoms with Crippen LogP contribution in [0.1, 0.15) is 18.7 Å². The Balaban J connectivity index is 2.55. The molecule has 0 spiro atoms. The van der Waals surface area contributed by atoms with Crippen molar-refractivity contribution in [2.75, 3.05) is 0 Å². The summed E-state index contributed by atoms with van der Waals surface area (Å²) < 4.78 is 14.3. The summed E-state index contributed by atoms with van der Waals surface area (Å²) in [4.78, 5) is 7.92. The SMILES string of the molecule is CC(O)c1nc(F)c(-c2ccccc2)nc1I. The summed E-state index contributed by atoms with van der Waals surface area (Å²) in [5, 5.41) is 9.42. The standard InChI is InChI=1S/C12H10FIN2O/c1-7(17)9-12(14)16-10(11(13)15-9)8-5-3-2-4-6-8/h2-7,17H,1H3. The predicted molar refractivity (Wildman–Crippen MR) is 70.8 cm³/mol. The second-order valence-corrected chi connectivity index (χ2v) is 4.60. The molecule has 88 valence electrons. The van der Waals surface area contributed by atoms with E-state index in [1.165, 1.54) is 6.92 Å². The number of aliphatic hydroxyl groups excluding tert-OH is 1. The fourth-order valence-corrected chi connectivity index (χ4v) is 2.26. The minimum absolute atomic E-state index is 0.208. The molecule has 0 aliphatic carbocycles. The van der Waals surface area contributed by atoms with Gasteiger partial charge in [0.25, 0.3) is 0 Å². The maximum atomic E-state index is 13.8. The molecule has 0 aliphatic rings. The number of aromatic nitrogens is 2. The normalized spacial score (nSPS) is 12.5. The van der Waals surface area contributed by atoms with Crippen LogP contribution in [0.5, 0.6) is 0 Å². The van der Waals surface area contributed by atoms with Gasteiger partial charge >= 0.3 is 0 Å². The summed E-state index contributed by atoms with van der Waals surface area (Å²) >= 11 is 1.94. The van der Waals surface area contributed by atoms with Gasteiger partial charge < -0.3 is 5.11 Å². The van der Waals surface area contributed by atoms with Gasteiger partial charge in [0.15, 0.2) is 0 Å². The number of hydrogen-bond donors (Lipinski definition) is 1. The van der Waals surface area contributed by atoms with Gasteiger partial charge in [0.05, 0.1) is 6.10 Å². The van der Waals surface area contributed by atoms with Gasteiger partial charge in [-0.1, -0.05) is 30.3 Å². The number of nitrogens with zero attached hydrogens (tertiary/aromatic N) is 2. The molecule has 0 radical (unpaired) electrons. The molecule has 0 aliphatic heterocycles. The van der Waals surface area contributed by atoms with E-state index in [9.17, 15) is 9.50 Å². The van der Waals surface area contributed by atoms with Crippen molar-refractivity contribution in [3.05, 3.63) is 45.7 Å². The minimum Gasteiger partial charge on any atom is -0.387 e. The molecule has 5 heteroatoms. The Kier molecular flexibility index (Phi) is 3.68. The monoisotopic (exact) mass is 344 g/mol. The highest BCUT2D eigenvalue weighted by atomic mass is 127. The largest absolute Gasteiger partial charge is 0.387 e. The van der Waals surface area contributed by atoms with Gasteiger partial charge in [-0.2, -0.15) is 4.39 Å². The average Bonchev–Trinajstić information content (AvgIpc) is 2.32. The molecule has 0 amide bonds. The highest BCUT2D eigenvalue weighted by molar-refractivity contribution is 14.1. The number of halogens is 2. The van der Waals surface area contributed by atoms with Crippen LogP contribution in [0.4, 0.5) is 4.39 Å². The maximum Gasteiger partial charge on any atom is 0.239 e. The van der Waals surface area contributed by atoms with Crippen molar-refractivity contribution >= 4 is 22.6 Å². The van der Waals surface area contributed by atoms with Gasteiger partial charge in [-0.3, -0.25) is 0 Å². The lowest BCUT2D eigenvalue weighted by Gasteiger charge is -2.09. The molecule has 0 fully saturated rings. The zero-order chi connectivity index (χ0) is 12.4. The van der Waals surface area contributed by atoms with Crippen LogP contribution in [0, 0.1) is 9.65 Å². The van der Waals surface area contributed by atoms with Crippen molar-refractivity contribution in [1.29, 1.82) is 0 Å². The summed E-state index contributed by atoms with van der Waals surface area (Å²) in [6.07, 6.45) is -0.825. The maximum absolute atomic E-state index is 13.8. The van der Waals surface area contributed by atoms with E-state index in [1.54, 1.807) is 12.1 Å². The van der Waals surface area contributed by atoms with Crippen molar-refractivity contribution in [2.24, 2.45) is 0 Å². The van der Waals surface area contributed by atoms with Gasteiger partial charge in [0.1, 0.15) is 15.1 Å². The van der Waals surface area contributed by atoms with E-state index in [1.807, 2.05) is 40.8 Å². The molecule has 3 nitrogen and oxygen atoms in total.